The molecule has 0 saturated carbocycles. The number of nitrogens with one attached hydrogen (secondary N) is 1. The van der Waals surface area contributed by atoms with Crippen molar-refractivity contribution in [3.63, 3.8) is 0 Å². The van der Waals surface area contributed by atoms with Gasteiger partial charge in [-0.05, 0) is 13.0 Å². The van der Waals surface area contributed by atoms with Crippen molar-refractivity contribution in [1.29, 1.82) is 0 Å². The van der Waals surface area contributed by atoms with Crippen molar-refractivity contribution < 1.29 is 0 Å². The zero-order valence-corrected chi connectivity index (χ0v) is 11.9. The van der Waals surface area contributed by atoms with Crippen LogP contribution < -0.4 is 5.56 Å². The summed E-state index contributed by atoms with van der Waals surface area (Å²) in [6.07, 6.45) is 4.24. The Hall–Kier alpha value is -1.72. The Balaban J connectivity index is 1.83. The molecule has 104 valence electrons. The Bertz CT molecular complexity index is 698. The van der Waals surface area contributed by atoms with Gasteiger partial charge in [0.15, 0.2) is 0 Å². The predicted molar refractivity (Wildman–Crippen MR) is 76.7 cm³/mol. The van der Waals surface area contributed by atoms with Gasteiger partial charge in [0.05, 0.1) is 11.3 Å². The van der Waals surface area contributed by atoms with Crippen LogP contribution in [0.2, 0.25) is 5.02 Å². The van der Waals surface area contributed by atoms with Gasteiger partial charge in [-0.25, -0.2) is 4.98 Å². The summed E-state index contributed by atoms with van der Waals surface area (Å²) in [6.45, 7) is 3.97. The summed E-state index contributed by atoms with van der Waals surface area (Å²) in [7, 11) is 0. The number of fused-ring (bicyclic) bond motifs is 1. The van der Waals surface area contributed by atoms with E-state index in [0.29, 0.717) is 23.9 Å². The van der Waals surface area contributed by atoms with Crippen LogP contribution in [0.1, 0.15) is 22.6 Å². The van der Waals surface area contributed by atoms with Gasteiger partial charge in [-0.3, -0.25) is 14.7 Å². The number of H-pyrrole nitrogens is 1. The van der Waals surface area contributed by atoms with Gasteiger partial charge in [0.2, 0.25) is 0 Å². The molecule has 0 amide bonds. The van der Waals surface area contributed by atoms with Crippen molar-refractivity contribution in [2.45, 2.75) is 26.4 Å². The maximum absolute atomic E-state index is 12.0. The first-order chi connectivity index (χ1) is 9.63. The Morgan fingerprint density at radius 1 is 1.50 bits per heavy atom. The third-order valence-corrected chi connectivity index (χ3v) is 3.87. The molecule has 1 aliphatic heterocycles. The number of nitrogens with zero attached hydrogens (tertiary/aromatic N) is 3. The molecule has 2 aromatic rings. The van der Waals surface area contributed by atoms with E-state index in [1.54, 1.807) is 18.5 Å². The molecule has 0 spiro atoms. The van der Waals surface area contributed by atoms with Crippen LogP contribution in [0.25, 0.3) is 0 Å². The lowest BCUT2D eigenvalue weighted by atomic mass is 10.1. The highest BCUT2D eigenvalue weighted by Gasteiger charge is 2.21. The van der Waals surface area contributed by atoms with E-state index < -0.39 is 0 Å². The molecule has 0 aliphatic carbocycles. The molecule has 0 unspecified atom stereocenters. The van der Waals surface area contributed by atoms with E-state index in [4.69, 9.17) is 11.6 Å². The van der Waals surface area contributed by atoms with Gasteiger partial charge in [-0.2, -0.15) is 0 Å². The molecule has 20 heavy (non-hydrogen) atoms. The second-order valence-corrected chi connectivity index (χ2v) is 5.41. The highest BCUT2D eigenvalue weighted by Crippen LogP contribution is 2.20. The Morgan fingerprint density at radius 3 is 3.15 bits per heavy atom. The molecule has 0 atom stereocenters. The zero-order chi connectivity index (χ0) is 14.1. The Morgan fingerprint density at radius 2 is 2.35 bits per heavy atom. The molecule has 1 aliphatic rings. The fourth-order valence-corrected chi connectivity index (χ4v) is 2.67. The maximum atomic E-state index is 12.0. The second-order valence-electron chi connectivity index (χ2n) is 5.00. The van der Waals surface area contributed by atoms with Crippen molar-refractivity contribution in [3.05, 3.63) is 56.5 Å². The summed E-state index contributed by atoms with van der Waals surface area (Å²) < 4.78 is 0. The van der Waals surface area contributed by atoms with Crippen LogP contribution in [0.15, 0.2) is 23.3 Å². The average Bonchev–Trinajstić information content (AvgIpc) is 2.42. The van der Waals surface area contributed by atoms with E-state index in [2.05, 4.69) is 19.9 Å². The molecule has 0 saturated heterocycles. The van der Waals surface area contributed by atoms with Crippen molar-refractivity contribution in [2.24, 2.45) is 0 Å². The monoisotopic (exact) mass is 290 g/mol. The lowest BCUT2D eigenvalue weighted by Crippen LogP contribution is -2.35. The number of pyridine rings is 1. The fourth-order valence-electron chi connectivity index (χ4n) is 2.51. The molecule has 3 heterocycles. The minimum Gasteiger partial charge on any atom is -0.310 e. The van der Waals surface area contributed by atoms with E-state index in [1.807, 2.05) is 6.92 Å². The quantitative estimate of drug-likeness (QED) is 0.914. The van der Waals surface area contributed by atoms with Gasteiger partial charge in [0.1, 0.15) is 5.82 Å². The van der Waals surface area contributed by atoms with E-state index in [-0.39, 0.29) is 5.56 Å². The minimum absolute atomic E-state index is 0.0329. The minimum atomic E-state index is -0.0329. The third-order valence-electron chi connectivity index (χ3n) is 3.50. The fraction of sp³-hybridized carbons (Fsp3) is 0.357. The molecule has 0 bridgehead atoms. The van der Waals surface area contributed by atoms with Crippen LogP contribution in [-0.2, 0) is 19.5 Å². The van der Waals surface area contributed by atoms with Crippen molar-refractivity contribution >= 4 is 11.6 Å². The molecule has 1 N–H and O–H groups in total. The van der Waals surface area contributed by atoms with Crippen molar-refractivity contribution in [1.82, 2.24) is 19.9 Å². The van der Waals surface area contributed by atoms with Crippen LogP contribution in [0.4, 0.5) is 0 Å². The first kappa shape index (κ1) is 13.3. The van der Waals surface area contributed by atoms with Crippen LogP contribution >= 0.6 is 11.6 Å². The third kappa shape index (κ3) is 2.59. The summed E-state index contributed by atoms with van der Waals surface area (Å²) in [5.74, 6) is 0.678. The molecule has 0 radical (unpaired) electrons. The second kappa shape index (κ2) is 5.34. The number of aromatic nitrogens is 3. The van der Waals surface area contributed by atoms with Crippen molar-refractivity contribution in [3.8, 4) is 0 Å². The van der Waals surface area contributed by atoms with E-state index in [0.717, 1.165) is 29.8 Å². The number of aromatic amines is 1. The standard InChI is InChI=1S/C14H15ClN4O/c1-9-17-13-3-5-19(8-11(13)14(20)18-9)7-10-6-16-4-2-12(10)15/h2,4,6H,3,5,7-8H2,1H3,(H,17,18,20). The number of hydrogen-bond donors (Lipinski definition) is 1. The van der Waals surface area contributed by atoms with Gasteiger partial charge < -0.3 is 4.98 Å². The lowest BCUT2D eigenvalue weighted by molar-refractivity contribution is 0.241. The zero-order valence-electron chi connectivity index (χ0n) is 11.2. The number of hydrogen-bond acceptors (Lipinski definition) is 4. The first-order valence-electron chi connectivity index (χ1n) is 6.53. The lowest BCUT2D eigenvalue weighted by Gasteiger charge is -2.27. The predicted octanol–water partition coefficient (Wildman–Crippen LogP) is 1.69. The van der Waals surface area contributed by atoms with Crippen LogP contribution in [-0.4, -0.2) is 26.4 Å². The number of halogens is 1. The van der Waals surface area contributed by atoms with Gasteiger partial charge in [-0.1, -0.05) is 11.6 Å². The van der Waals surface area contributed by atoms with E-state index in [1.165, 1.54) is 0 Å². The summed E-state index contributed by atoms with van der Waals surface area (Å²) >= 11 is 6.15. The van der Waals surface area contributed by atoms with Gasteiger partial charge in [0.25, 0.3) is 5.56 Å². The Kier molecular flexibility index (Phi) is 3.54. The topological polar surface area (TPSA) is 61.9 Å². The smallest absolute Gasteiger partial charge is 0.255 e. The van der Waals surface area contributed by atoms with E-state index >= 15 is 0 Å². The molecule has 6 heteroatoms. The molecular weight excluding hydrogens is 276 g/mol. The largest absolute Gasteiger partial charge is 0.310 e. The van der Waals surface area contributed by atoms with Crippen molar-refractivity contribution in [2.75, 3.05) is 6.54 Å². The average molecular weight is 291 g/mol. The molecule has 0 fully saturated rings. The Labute approximate surface area is 121 Å². The summed E-state index contributed by atoms with van der Waals surface area (Å²) in [5.41, 5.74) is 2.63. The molecule has 3 rings (SSSR count). The molecule has 5 nitrogen and oxygen atoms in total. The van der Waals surface area contributed by atoms with Gasteiger partial charge in [-0.15, -0.1) is 0 Å². The molecule has 2 aromatic heterocycles. The normalized spacial score (nSPS) is 15.1. The number of aryl methyl sites for hydroxylation is 1. The first-order valence-corrected chi connectivity index (χ1v) is 6.90. The van der Waals surface area contributed by atoms with Crippen LogP contribution in [0, 0.1) is 6.92 Å². The van der Waals surface area contributed by atoms with Gasteiger partial charge >= 0.3 is 0 Å². The maximum Gasteiger partial charge on any atom is 0.255 e. The highest BCUT2D eigenvalue weighted by atomic mass is 35.5. The highest BCUT2D eigenvalue weighted by molar-refractivity contribution is 6.31. The molecular formula is C14H15ClN4O. The summed E-state index contributed by atoms with van der Waals surface area (Å²) in [5, 5.41) is 0.710. The summed E-state index contributed by atoms with van der Waals surface area (Å²) in [6, 6.07) is 1.78. The summed E-state index contributed by atoms with van der Waals surface area (Å²) in [4.78, 5) is 25.4. The van der Waals surface area contributed by atoms with Gasteiger partial charge in [0, 0.05) is 49.0 Å². The number of rotatable bonds is 2. The van der Waals surface area contributed by atoms with Crippen LogP contribution in [0.3, 0.4) is 0 Å². The SMILES string of the molecule is Cc1nc2c(c(=O)[nH]1)CN(Cc1cnccc1Cl)CC2. The van der Waals surface area contributed by atoms with Crippen LogP contribution in [0.5, 0.6) is 0 Å². The van der Waals surface area contributed by atoms with E-state index in [9.17, 15) is 4.79 Å². The molecule has 0 aromatic carbocycles.